The lowest BCUT2D eigenvalue weighted by atomic mass is 10.0. The number of carbonyl (C=O) groups excluding carboxylic acids is 2. The summed E-state index contributed by atoms with van der Waals surface area (Å²) in [5, 5.41) is 27.0. The van der Waals surface area contributed by atoms with Crippen LogP contribution in [0.4, 0.5) is 4.79 Å². The normalized spacial score (nSPS) is 13.5. The lowest BCUT2D eigenvalue weighted by molar-refractivity contribution is -0.141. The van der Waals surface area contributed by atoms with Crippen molar-refractivity contribution < 1.29 is 29.1 Å². The Labute approximate surface area is 188 Å². The Hall–Kier alpha value is -4.25. The van der Waals surface area contributed by atoms with Gasteiger partial charge in [0.05, 0.1) is 12.5 Å². The van der Waals surface area contributed by atoms with Gasteiger partial charge < -0.3 is 31.1 Å². The number of rotatable bonds is 9. The molecule has 3 aromatic rings. The number of aliphatic carboxylic acids is 1. The highest BCUT2D eigenvalue weighted by atomic mass is 16.5. The number of hydrogen-bond acceptors (Lipinski definition) is 7. The zero-order chi connectivity index (χ0) is 24.0. The second-order valence-electron chi connectivity index (χ2n) is 7.30. The van der Waals surface area contributed by atoms with E-state index in [1.165, 1.54) is 6.92 Å². The highest BCUT2D eigenvalue weighted by molar-refractivity contribution is 5.83. The minimum absolute atomic E-state index is 0.0880. The molecule has 0 radical (unpaired) electrons. The van der Waals surface area contributed by atoms with Crippen molar-refractivity contribution in [2.75, 3.05) is 0 Å². The van der Waals surface area contributed by atoms with Crippen molar-refractivity contribution >= 4 is 17.9 Å². The minimum Gasteiger partial charge on any atom is -0.480 e. The summed E-state index contributed by atoms with van der Waals surface area (Å²) in [5.41, 5.74) is 7.95. The number of aliphatic hydroxyl groups excluding tert-OH is 1. The van der Waals surface area contributed by atoms with Crippen LogP contribution >= 0.6 is 0 Å². The van der Waals surface area contributed by atoms with E-state index in [1.54, 1.807) is 12.1 Å². The number of carbonyl (C=O) groups is 3. The molecule has 33 heavy (non-hydrogen) atoms. The van der Waals surface area contributed by atoms with Crippen molar-refractivity contribution in [2.45, 2.75) is 31.5 Å². The van der Waals surface area contributed by atoms with Crippen LogP contribution in [0.1, 0.15) is 25.3 Å². The Balaban J connectivity index is 1.76. The number of aromatic nitrogens is 2. The van der Waals surface area contributed by atoms with Gasteiger partial charge in [0, 0.05) is 5.56 Å². The maximum atomic E-state index is 12.2. The van der Waals surface area contributed by atoms with Gasteiger partial charge >= 0.3 is 12.0 Å². The number of carboxylic acids is 1. The van der Waals surface area contributed by atoms with Crippen molar-refractivity contribution in [1.82, 2.24) is 20.8 Å². The summed E-state index contributed by atoms with van der Waals surface area (Å²) in [5.74, 6) is -2.04. The van der Waals surface area contributed by atoms with E-state index in [9.17, 15) is 19.5 Å². The van der Waals surface area contributed by atoms with E-state index in [2.05, 4.69) is 20.8 Å². The molecule has 0 bridgehead atoms. The largest absolute Gasteiger partial charge is 0.480 e. The van der Waals surface area contributed by atoms with Crippen molar-refractivity contribution in [3.8, 4) is 22.5 Å². The van der Waals surface area contributed by atoms with E-state index >= 15 is 0 Å². The third kappa shape index (κ3) is 6.14. The number of aliphatic hydroxyl groups is 1. The van der Waals surface area contributed by atoms with Crippen molar-refractivity contribution in [3.05, 3.63) is 60.5 Å². The number of primary amides is 1. The van der Waals surface area contributed by atoms with Crippen LogP contribution in [-0.2, 0) is 9.59 Å². The Morgan fingerprint density at radius 3 is 2.18 bits per heavy atom. The predicted molar refractivity (Wildman–Crippen MR) is 116 cm³/mol. The molecular formula is C22H23N5O6. The second-order valence-corrected chi connectivity index (χ2v) is 7.30. The first kappa shape index (κ1) is 23.4. The molecule has 1 heterocycles. The number of hydrogen-bond donors (Lipinski definition) is 5. The lowest BCUT2D eigenvalue weighted by Gasteiger charge is -2.19. The molecule has 0 aliphatic rings. The standard InChI is InChI=1S/C22H23N5O6/c1-12(28)18(21(30)31)25-22(32)24-16(11-17(23)29)20-26-19(27-33-20)15-9-7-14(8-10-15)13-5-3-2-4-6-13/h2-10,12,16,18,28H,11H2,1H3,(H2,23,29)(H,30,31)(H2,24,25,32)/t12?,16-,18-/m0/s1. The molecule has 11 nitrogen and oxygen atoms in total. The summed E-state index contributed by atoms with van der Waals surface area (Å²) in [6, 6.07) is 13.6. The highest BCUT2D eigenvalue weighted by Crippen LogP contribution is 2.24. The maximum Gasteiger partial charge on any atom is 0.328 e. The number of nitrogens with zero attached hydrogens (tertiary/aromatic N) is 2. The molecule has 6 N–H and O–H groups in total. The molecular weight excluding hydrogens is 430 g/mol. The van der Waals surface area contributed by atoms with E-state index in [0.717, 1.165) is 11.1 Å². The predicted octanol–water partition coefficient (Wildman–Crippen LogP) is 1.45. The summed E-state index contributed by atoms with van der Waals surface area (Å²) < 4.78 is 5.22. The van der Waals surface area contributed by atoms with Gasteiger partial charge in [-0.1, -0.05) is 59.8 Å². The fourth-order valence-corrected chi connectivity index (χ4v) is 3.07. The van der Waals surface area contributed by atoms with Crippen LogP contribution in [0.2, 0.25) is 0 Å². The van der Waals surface area contributed by atoms with Crippen LogP contribution in [-0.4, -0.2) is 50.4 Å². The monoisotopic (exact) mass is 453 g/mol. The molecule has 0 aliphatic heterocycles. The third-order valence-corrected chi connectivity index (χ3v) is 4.74. The summed E-state index contributed by atoms with van der Waals surface area (Å²) in [7, 11) is 0. The summed E-state index contributed by atoms with van der Waals surface area (Å²) >= 11 is 0. The topological polar surface area (TPSA) is 181 Å². The van der Waals surface area contributed by atoms with Gasteiger partial charge in [-0.05, 0) is 18.1 Å². The van der Waals surface area contributed by atoms with Gasteiger partial charge in [0.2, 0.25) is 17.6 Å². The molecule has 1 aromatic heterocycles. The van der Waals surface area contributed by atoms with Crippen LogP contribution in [0.3, 0.4) is 0 Å². The van der Waals surface area contributed by atoms with Crippen LogP contribution in [0, 0.1) is 0 Å². The van der Waals surface area contributed by atoms with Gasteiger partial charge in [-0.2, -0.15) is 4.98 Å². The van der Waals surface area contributed by atoms with Crippen molar-refractivity contribution in [1.29, 1.82) is 0 Å². The van der Waals surface area contributed by atoms with Crippen molar-refractivity contribution in [3.63, 3.8) is 0 Å². The average molecular weight is 453 g/mol. The van der Waals surface area contributed by atoms with E-state index in [-0.39, 0.29) is 18.1 Å². The highest BCUT2D eigenvalue weighted by Gasteiger charge is 2.28. The molecule has 3 rings (SSSR count). The fraction of sp³-hybridized carbons (Fsp3) is 0.227. The van der Waals surface area contributed by atoms with Gasteiger partial charge in [0.15, 0.2) is 6.04 Å². The number of nitrogens with one attached hydrogen (secondary N) is 2. The first-order valence-corrected chi connectivity index (χ1v) is 10.00. The van der Waals surface area contributed by atoms with E-state index in [4.69, 9.17) is 15.4 Å². The smallest absolute Gasteiger partial charge is 0.328 e. The molecule has 11 heteroatoms. The van der Waals surface area contributed by atoms with Crippen molar-refractivity contribution in [2.24, 2.45) is 5.73 Å². The van der Waals surface area contributed by atoms with Crippen LogP contribution < -0.4 is 16.4 Å². The molecule has 2 aromatic carbocycles. The molecule has 3 atom stereocenters. The molecule has 0 spiro atoms. The van der Waals surface area contributed by atoms with Crippen LogP contribution in [0.5, 0.6) is 0 Å². The van der Waals surface area contributed by atoms with Gasteiger partial charge in [0.25, 0.3) is 0 Å². The van der Waals surface area contributed by atoms with Gasteiger partial charge in [-0.3, -0.25) is 4.79 Å². The fourth-order valence-electron chi connectivity index (χ4n) is 3.07. The molecule has 0 aliphatic carbocycles. The Kier molecular flexibility index (Phi) is 7.36. The Morgan fingerprint density at radius 2 is 1.61 bits per heavy atom. The zero-order valence-electron chi connectivity index (χ0n) is 17.6. The molecule has 3 amide bonds. The van der Waals surface area contributed by atoms with Gasteiger partial charge in [0.1, 0.15) is 6.04 Å². The van der Waals surface area contributed by atoms with Crippen LogP contribution in [0.15, 0.2) is 59.1 Å². The van der Waals surface area contributed by atoms with E-state index < -0.39 is 36.1 Å². The molecule has 0 fully saturated rings. The molecule has 0 saturated heterocycles. The lowest BCUT2D eigenvalue weighted by Crippen LogP contribution is -2.52. The minimum atomic E-state index is -1.55. The molecule has 1 unspecified atom stereocenters. The number of amides is 3. The summed E-state index contributed by atoms with van der Waals surface area (Å²) in [6.07, 6.45) is -1.72. The quantitative estimate of drug-likeness (QED) is 0.323. The van der Waals surface area contributed by atoms with E-state index in [0.29, 0.717) is 5.56 Å². The first-order valence-electron chi connectivity index (χ1n) is 10.00. The SMILES string of the molecule is CC(O)[C@H](NC(=O)N[C@@H](CC(N)=O)c1nc(-c2ccc(-c3ccccc3)cc2)no1)C(=O)O. The number of urea groups is 1. The number of carboxylic acid groups (broad SMARTS) is 1. The Morgan fingerprint density at radius 1 is 1.00 bits per heavy atom. The summed E-state index contributed by atoms with van der Waals surface area (Å²) in [4.78, 5) is 39.1. The van der Waals surface area contributed by atoms with E-state index in [1.807, 2.05) is 42.5 Å². The van der Waals surface area contributed by atoms with Crippen LogP contribution in [0.25, 0.3) is 22.5 Å². The number of benzene rings is 2. The van der Waals surface area contributed by atoms with Gasteiger partial charge in [-0.15, -0.1) is 0 Å². The first-order chi connectivity index (χ1) is 15.7. The second kappa shape index (κ2) is 10.4. The van der Waals surface area contributed by atoms with Gasteiger partial charge in [-0.25, -0.2) is 9.59 Å². The maximum absolute atomic E-state index is 12.2. The Bertz CT molecular complexity index is 1110. The zero-order valence-corrected chi connectivity index (χ0v) is 17.6. The summed E-state index contributed by atoms with van der Waals surface area (Å²) in [6.45, 7) is 1.22. The average Bonchev–Trinajstić information content (AvgIpc) is 3.27. The number of nitrogens with two attached hydrogens (primary N) is 1. The molecule has 0 saturated carbocycles. The third-order valence-electron chi connectivity index (χ3n) is 4.74. The molecule has 172 valence electrons.